The molecule has 50 heavy (non-hydrogen) atoms. The molecule has 0 saturated heterocycles. The maximum absolute atomic E-state index is 5.33. The molecule has 0 atom stereocenters. The Labute approximate surface area is 289 Å². The van der Waals surface area contributed by atoms with E-state index in [-0.39, 0.29) is 0 Å². The minimum atomic E-state index is 0.692. The van der Waals surface area contributed by atoms with Crippen LogP contribution >= 0.6 is 0 Å². The van der Waals surface area contributed by atoms with Gasteiger partial charge in [0.05, 0.1) is 11.2 Å². The van der Waals surface area contributed by atoms with Crippen LogP contribution in [0.4, 0.5) is 0 Å². The van der Waals surface area contributed by atoms with Crippen LogP contribution < -0.4 is 0 Å². The predicted octanol–water partition coefficient (Wildman–Crippen LogP) is 12.3. The Morgan fingerprint density at radius 1 is 0.320 bits per heavy atom. The van der Waals surface area contributed by atoms with Crippen LogP contribution in [0.3, 0.4) is 0 Å². The Kier molecular flexibility index (Phi) is 6.49. The van der Waals surface area contributed by atoms with Crippen LogP contribution in [0.25, 0.3) is 98.9 Å². The van der Waals surface area contributed by atoms with Crippen LogP contribution in [0.5, 0.6) is 0 Å². The molecule has 0 N–H and O–H groups in total. The molecule has 0 radical (unpaired) electrons. The van der Waals surface area contributed by atoms with Crippen molar-refractivity contribution >= 4 is 54.0 Å². The van der Waals surface area contributed by atoms with E-state index in [1.54, 1.807) is 0 Å². The first-order valence-corrected chi connectivity index (χ1v) is 16.9. The lowest BCUT2D eigenvalue weighted by atomic mass is 9.91. The molecule has 232 valence electrons. The summed E-state index contributed by atoms with van der Waals surface area (Å²) < 4.78 is 0. The molecular weight excluding hydrogens is 607 g/mol. The van der Waals surface area contributed by atoms with Crippen LogP contribution in [0.15, 0.2) is 176 Å². The Morgan fingerprint density at radius 3 is 1.62 bits per heavy atom. The number of nitrogens with zero attached hydrogens (tertiary/aromatic N) is 3. The molecule has 0 fully saturated rings. The first-order valence-electron chi connectivity index (χ1n) is 16.9. The van der Waals surface area contributed by atoms with E-state index in [1.165, 1.54) is 32.3 Å². The van der Waals surface area contributed by atoms with E-state index >= 15 is 0 Å². The van der Waals surface area contributed by atoms with Crippen molar-refractivity contribution in [3.63, 3.8) is 0 Å². The number of benzene rings is 8. The normalized spacial score (nSPS) is 11.6. The summed E-state index contributed by atoms with van der Waals surface area (Å²) in [6, 6.07) is 58.3. The van der Waals surface area contributed by atoms with Gasteiger partial charge in [0.25, 0.3) is 0 Å². The van der Waals surface area contributed by atoms with Gasteiger partial charge < -0.3 is 0 Å². The summed E-state index contributed by atoms with van der Waals surface area (Å²) >= 11 is 0. The fourth-order valence-electron chi connectivity index (χ4n) is 7.52. The van der Waals surface area contributed by atoms with Crippen molar-refractivity contribution in [2.45, 2.75) is 0 Å². The minimum absolute atomic E-state index is 0.692. The summed E-state index contributed by atoms with van der Waals surface area (Å²) in [5.41, 5.74) is 8.24. The van der Waals surface area contributed by atoms with Crippen molar-refractivity contribution in [1.82, 2.24) is 15.0 Å². The van der Waals surface area contributed by atoms with E-state index in [2.05, 4.69) is 157 Å². The van der Waals surface area contributed by atoms with Gasteiger partial charge in [-0.1, -0.05) is 127 Å². The molecule has 0 saturated carbocycles. The standard InChI is InChI=1S/C47H29N3/c1-2-12-31(13-3-1)45-43-23-20-30-11-4-5-15-37(30)46(43)50-47(49-45)36-26-34(25-35(27-36)33-14-10-24-48-29-33)32-21-22-42-40-18-7-6-16-38(40)39-17-8-9-19-41(39)44(42)28-32/h1-29H. The van der Waals surface area contributed by atoms with Crippen LogP contribution in [0.1, 0.15) is 0 Å². The van der Waals surface area contributed by atoms with E-state index in [0.717, 1.165) is 60.8 Å². The highest BCUT2D eigenvalue weighted by atomic mass is 14.9. The monoisotopic (exact) mass is 635 g/mol. The van der Waals surface area contributed by atoms with Crippen molar-refractivity contribution in [3.05, 3.63) is 176 Å². The average Bonchev–Trinajstić information content (AvgIpc) is 3.20. The number of aromatic nitrogens is 3. The lowest BCUT2D eigenvalue weighted by molar-refractivity contribution is 1.23. The van der Waals surface area contributed by atoms with Gasteiger partial charge in [0.1, 0.15) is 0 Å². The summed E-state index contributed by atoms with van der Waals surface area (Å²) in [6.07, 6.45) is 3.74. The molecule has 8 aromatic carbocycles. The van der Waals surface area contributed by atoms with Crippen LogP contribution in [-0.2, 0) is 0 Å². The highest BCUT2D eigenvalue weighted by molar-refractivity contribution is 6.25. The van der Waals surface area contributed by atoms with Gasteiger partial charge in [-0.2, -0.15) is 0 Å². The van der Waals surface area contributed by atoms with Gasteiger partial charge in [-0.05, 0) is 90.8 Å². The molecular formula is C47H29N3. The summed E-state index contributed by atoms with van der Waals surface area (Å²) in [4.78, 5) is 15.1. The second-order valence-corrected chi connectivity index (χ2v) is 12.8. The molecule has 10 rings (SSSR count). The number of rotatable bonds is 4. The number of hydrogen-bond donors (Lipinski definition) is 0. The van der Waals surface area contributed by atoms with Gasteiger partial charge in [0.2, 0.25) is 0 Å². The SMILES string of the molecule is c1ccc(-c2nc(-c3cc(-c4cccnc4)cc(-c4ccc5c6ccccc6c6ccccc6c5c4)c3)nc3c2ccc2ccccc23)cc1. The van der Waals surface area contributed by atoms with Gasteiger partial charge in [0, 0.05) is 39.9 Å². The summed E-state index contributed by atoms with van der Waals surface area (Å²) in [6.45, 7) is 0. The fraction of sp³-hybridized carbons (Fsp3) is 0. The second kappa shape index (κ2) is 11.5. The zero-order valence-corrected chi connectivity index (χ0v) is 27.1. The quantitative estimate of drug-likeness (QED) is 0.181. The third-order valence-electron chi connectivity index (χ3n) is 9.90. The van der Waals surface area contributed by atoms with Gasteiger partial charge >= 0.3 is 0 Å². The molecule has 0 aliphatic rings. The zero-order valence-electron chi connectivity index (χ0n) is 27.1. The average molecular weight is 636 g/mol. The smallest absolute Gasteiger partial charge is 0.160 e. The van der Waals surface area contributed by atoms with Crippen LogP contribution in [-0.4, -0.2) is 15.0 Å². The van der Waals surface area contributed by atoms with E-state index < -0.39 is 0 Å². The minimum Gasteiger partial charge on any atom is -0.264 e. The summed E-state index contributed by atoms with van der Waals surface area (Å²) in [5, 5.41) is 10.9. The van der Waals surface area contributed by atoms with Gasteiger partial charge in [0.15, 0.2) is 5.82 Å². The van der Waals surface area contributed by atoms with Gasteiger partial charge in [-0.3, -0.25) is 4.98 Å². The Hall–Kier alpha value is -6.71. The second-order valence-electron chi connectivity index (χ2n) is 12.8. The molecule has 0 aliphatic heterocycles. The first kappa shape index (κ1) is 28.3. The number of pyridine rings is 1. The van der Waals surface area contributed by atoms with Crippen LogP contribution in [0.2, 0.25) is 0 Å². The highest BCUT2D eigenvalue weighted by Crippen LogP contribution is 2.40. The summed E-state index contributed by atoms with van der Waals surface area (Å²) in [5.74, 6) is 0.692. The molecule has 2 heterocycles. The molecule has 0 aliphatic carbocycles. The maximum Gasteiger partial charge on any atom is 0.160 e. The molecule has 0 unspecified atom stereocenters. The largest absolute Gasteiger partial charge is 0.264 e. The Morgan fingerprint density at radius 2 is 0.900 bits per heavy atom. The molecule has 10 aromatic rings. The van der Waals surface area contributed by atoms with Crippen molar-refractivity contribution in [2.24, 2.45) is 0 Å². The molecule has 0 spiro atoms. The number of fused-ring (bicyclic) bond motifs is 9. The lowest BCUT2D eigenvalue weighted by Crippen LogP contribution is -1.97. The first-order chi connectivity index (χ1) is 24.8. The predicted molar refractivity (Wildman–Crippen MR) is 209 cm³/mol. The van der Waals surface area contributed by atoms with E-state index in [0.29, 0.717) is 5.82 Å². The van der Waals surface area contributed by atoms with Crippen molar-refractivity contribution in [2.75, 3.05) is 0 Å². The molecule has 0 bridgehead atoms. The molecule has 3 nitrogen and oxygen atoms in total. The Bertz CT molecular complexity index is 2880. The van der Waals surface area contributed by atoms with E-state index in [9.17, 15) is 0 Å². The highest BCUT2D eigenvalue weighted by Gasteiger charge is 2.17. The van der Waals surface area contributed by atoms with Crippen molar-refractivity contribution < 1.29 is 0 Å². The third-order valence-corrected chi connectivity index (χ3v) is 9.90. The zero-order chi connectivity index (χ0) is 33.0. The van der Waals surface area contributed by atoms with Crippen molar-refractivity contribution in [3.8, 4) is 44.9 Å². The van der Waals surface area contributed by atoms with Gasteiger partial charge in [-0.25, -0.2) is 9.97 Å². The Balaban J connectivity index is 1.25. The van der Waals surface area contributed by atoms with Gasteiger partial charge in [-0.15, -0.1) is 0 Å². The number of hydrogen-bond acceptors (Lipinski definition) is 3. The maximum atomic E-state index is 5.33. The van der Waals surface area contributed by atoms with E-state index in [1.807, 2.05) is 24.5 Å². The topological polar surface area (TPSA) is 38.7 Å². The fourth-order valence-corrected chi connectivity index (χ4v) is 7.52. The molecule has 2 aromatic heterocycles. The third kappa shape index (κ3) is 4.63. The summed E-state index contributed by atoms with van der Waals surface area (Å²) in [7, 11) is 0. The van der Waals surface area contributed by atoms with Crippen molar-refractivity contribution in [1.29, 1.82) is 0 Å². The molecule has 3 heteroatoms. The molecule has 0 amide bonds. The van der Waals surface area contributed by atoms with Crippen LogP contribution in [0, 0.1) is 0 Å². The van der Waals surface area contributed by atoms with E-state index in [4.69, 9.17) is 9.97 Å². The lowest BCUT2D eigenvalue weighted by Gasteiger charge is -2.15.